The Balaban J connectivity index is 1.71. The molecule has 3 aromatic rings. The number of benzene rings is 2. The molecule has 1 aromatic heterocycles. The molecular weight excluding hydrogens is 422 g/mol. The van der Waals surface area contributed by atoms with E-state index in [1.807, 2.05) is 19.1 Å². The Hall–Kier alpha value is -1.90. The molecule has 5 nitrogen and oxygen atoms in total. The molecule has 0 unspecified atom stereocenters. The van der Waals surface area contributed by atoms with Crippen molar-refractivity contribution in [2.75, 3.05) is 4.72 Å². The van der Waals surface area contributed by atoms with Crippen molar-refractivity contribution >= 4 is 43.4 Å². The fourth-order valence-corrected chi connectivity index (χ4v) is 3.94. The van der Waals surface area contributed by atoms with Crippen molar-refractivity contribution in [1.29, 1.82) is 0 Å². The van der Waals surface area contributed by atoms with Gasteiger partial charge in [-0.2, -0.15) is 0 Å². The highest BCUT2D eigenvalue weighted by Gasteiger charge is 2.13. The van der Waals surface area contributed by atoms with Crippen LogP contribution in [0.4, 0.5) is 5.69 Å². The van der Waals surface area contributed by atoms with Crippen LogP contribution in [0.2, 0.25) is 0 Å². The average Bonchev–Trinajstić information content (AvgIpc) is 2.59. The molecule has 0 radical (unpaired) electrons. The average molecular weight is 436 g/mol. The summed E-state index contributed by atoms with van der Waals surface area (Å²) >= 11 is 4.69. The standard InChI is InChI=1S/C17H14BrN3O2S2/c1-12-2-8-16(9-3-12)25(22,23)21-14-4-6-15(7-5-14)24-17-19-10-13(18)11-20-17/h2-11,21H,1H3. The van der Waals surface area contributed by atoms with Gasteiger partial charge >= 0.3 is 0 Å². The maximum atomic E-state index is 12.4. The first-order chi connectivity index (χ1) is 11.9. The molecule has 25 heavy (non-hydrogen) atoms. The van der Waals surface area contributed by atoms with Crippen LogP contribution in [-0.4, -0.2) is 18.4 Å². The minimum absolute atomic E-state index is 0.236. The highest BCUT2D eigenvalue weighted by molar-refractivity contribution is 9.10. The molecule has 0 atom stereocenters. The normalized spacial score (nSPS) is 11.3. The van der Waals surface area contributed by atoms with E-state index < -0.39 is 10.0 Å². The van der Waals surface area contributed by atoms with E-state index in [0.29, 0.717) is 10.8 Å². The van der Waals surface area contributed by atoms with E-state index in [9.17, 15) is 8.42 Å². The summed E-state index contributed by atoms with van der Waals surface area (Å²) in [4.78, 5) is 9.54. The number of hydrogen-bond acceptors (Lipinski definition) is 5. The Morgan fingerprint density at radius 2 is 1.56 bits per heavy atom. The maximum Gasteiger partial charge on any atom is 0.261 e. The number of nitrogens with zero attached hydrogens (tertiary/aromatic N) is 2. The molecule has 1 heterocycles. The van der Waals surface area contributed by atoms with Crippen LogP contribution in [0, 0.1) is 6.92 Å². The Morgan fingerprint density at radius 1 is 0.960 bits per heavy atom. The molecule has 0 saturated heterocycles. The monoisotopic (exact) mass is 435 g/mol. The predicted molar refractivity (Wildman–Crippen MR) is 102 cm³/mol. The summed E-state index contributed by atoms with van der Waals surface area (Å²) in [7, 11) is -3.59. The van der Waals surface area contributed by atoms with Gasteiger partial charge in [-0.05, 0) is 71.0 Å². The van der Waals surface area contributed by atoms with Crippen molar-refractivity contribution in [3.05, 3.63) is 71.0 Å². The van der Waals surface area contributed by atoms with Gasteiger partial charge in [0.05, 0.1) is 9.37 Å². The van der Waals surface area contributed by atoms with Crippen LogP contribution in [0.5, 0.6) is 0 Å². The van der Waals surface area contributed by atoms with Crippen molar-refractivity contribution < 1.29 is 8.42 Å². The lowest BCUT2D eigenvalue weighted by Gasteiger charge is -2.09. The number of sulfonamides is 1. The molecule has 0 fully saturated rings. The summed E-state index contributed by atoms with van der Waals surface area (Å²) < 4.78 is 28.2. The summed E-state index contributed by atoms with van der Waals surface area (Å²) in [6.07, 6.45) is 3.36. The zero-order valence-corrected chi connectivity index (χ0v) is 16.4. The largest absolute Gasteiger partial charge is 0.280 e. The number of nitrogens with one attached hydrogen (secondary N) is 1. The molecule has 0 spiro atoms. The van der Waals surface area contributed by atoms with E-state index in [4.69, 9.17) is 0 Å². The zero-order chi connectivity index (χ0) is 17.9. The quantitative estimate of drug-likeness (QED) is 0.597. The molecule has 0 aliphatic carbocycles. The third-order valence-electron chi connectivity index (χ3n) is 3.24. The van der Waals surface area contributed by atoms with Gasteiger partial charge in [-0.3, -0.25) is 4.72 Å². The first-order valence-corrected chi connectivity index (χ1v) is 10.4. The molecule has 1 N–H and O–H groups in total. The number of aromatic nitrogens is 2. The van der Waals surface area contributed by atoms with Gasteiger partial charge in [0.15, 0.2) is 5.16 Å². The molecular formula is C17H14BrN3O2S2. The van der Waals surface area contributed by atoms with Crippen molar-refractivity contribution in [3.63, 3.8) is 0 Å². The second-order valence-corrected chi connectivity index (χ2v) is 8.87. The Kier molecular flexibility index (Phi) is 5.41. The van der Waals surface area contributed by atoms with Gasteiger partial charge < -0.3 is 0 Å². The Morgan fingerprint density at radius 3 is 2.16 bits per heavy atom. The van der Waals surface area contributed by atoms with Gasteiger partial charge in [-0.1, -0.05) is 17.7 Å². The van der Waals surface area contributed by atoms with Crippen LogP contribution in [0.3, 0.4) is 0 Å². The highest BCUT2D eigenvalue weighted by atomic mass is 79.9. The molecule has 0 bridgehead atoms. The number of aryl methyl sites for hydroxylation is 1. The molecule has 2 aromatic carbocycles. The van der Waals surface area contributed by atoms with Gasteiger partial charge in [0.25, 0.3) is 10.0 Å². The second kappa shape index (κ2) is 7.55. The fourth-order valence-electron chi connectivity index (χ4n) is 1.98. The first-order valence-electron chi connectivity index (χ1n) is 7.27. The van der Waals surface area contributed by atoms with Crippen molar-refractivity contribution in [3.8, 4) is 0 Å². The van der Waals surface area contributed by atoms with E-state index in [1.165, 1.54) is 11.8 Å². The minimum Gasteiger partial charge on any atom is -0.280 e. The van der Waals surface area contributed by atoms with E-state index in [0.717, 1.165) is 14.9 Å². The molecule has 128 valence electrons. The lowest BCUT2D eigenvalue weighted by Crippen LogP contribution is -2.12. The van der Waals surface area contributed by atoms with Crippen molar-refractivity contribution in [2.45, 2.75) is 21.9 Å². The van der Waals surface area contributed by atoms with Gasteiger partial charge in [0.1, 0.15) is 0 Å². The Bertz CT molecular complexity index is 958. The molecule has 8 heteroatoms. The second-order valence-electron chi connectivity index (χ2n) is 5.23. The molecule has 3 rings (SSSR count). The summed E-state index contributed by atoms with van der Waals surface area (Å²) in [6, 6.07) is 13.8. The molecule has 0 aliphatic heterocycles. The predicted octanol–water partition coefficient (Wildman–Crippen LogP) is 4.50. The third-order valence-corrected chi connectivity index (χ3v) is 5.95. The van der Waals surface area contributed by atoms with E-state index in [1.54, 1.807) is 48.8 Å². The van der Waals surface area contributed by atoms with Crippen LogP contribution in [0.1, 0.15) is 5.56 Å². The topological polar surface area (TPSA) is 72.0 Å². The smallest absolute Gasteiger partial charge is 0.261 e. The van der Waals surface area contributed by atoms with Crippen LogP contribution < -0.4 is 4.72 Å². The zero-order valence-electron chi connectivity index (χ0n) is 13.2. The molecule has 0 aliphatic rings. The SMILES string of the molecule is Cc1ccc(S(=O)(=O)Nc2ccc(Sc3ncc(Br)cn3)cc2)cc1. The van der Waals surface area contributed by atoms with E-state index in [-0.39, 0.29) is 4.90 Å². The van der Waals surface area contributed by atoms with E-state index in [2.05, 4.69) is 30.6 Å². The van der Waals surface area contributed by atoms with Crippen molar-refractivity contribution in [1.82, 2.24) is 9.97 Å². The third kappa shape index (κ3) is 4.81. The van der Waals surface area contributed by atoms with Crippen LogP contribution >= 0.6 is 27.7 Å². The lowest BCUT2D eigenvalue weighted by molar-refractivity contribution is 0.601. The summed E-state index contributed by atoms with van der Waals surface area (Å²) in [5, 5.41) is 0.621. The number of rotatable bonds is 5. The summed E-state index contributed by atoms with van der Waals surface area (Å²) in [5.74, 6) is 0. The number of hydrogen-bond donors (Lipinski definition) is 1. The number of anilines is 1. The highest BCUT2D eigenvalue weighted by Crippen LogP contribution is 2.26. The van der Waals surface area contributed by atoms with Crippen molar-refractivity contribution in [2.24, 2.45) is 0 Å². The van der Waals surface area contributed by atoms with Gasteiger partial charge in [-0.15, -0.1) is 0 Å². The van der Waals surface area contributed by atoms with Crippen LogP contribution in [0.25, 0.3) is 0 Å². The minimum atomic E-state index is -3.59. The van der Waals surface area contributed by atoms with Crippen LogP contribution in [-0.2, 0) is 10.0 Å². The summed E-state index contributed by atoms with van der Waals surface area (Å²) in [5.41, 5.74) is 1.51. The Labute approximate surface area is 159 Å². The van der Waals surface area contributed by atoms with E-state index >= 15 is 0 Å². The fraction of sp³-hybridized carbons (Fsp3) is 0.0588. The molecule has 0 saturated carbocycles. The maximum absolute atomic E-state index is 12.4. The van der Waals surface area contributed by atoms with Gasteiger partial charge in [0, 0.05) is 23.0 Å². The number of halogens is 1. The summed E-state index contributed by atoms with van der Waals surface area (Å²) in [6.45, 7) is 1.91. The first kappa shape index (κ1) is 17.9. The van der Waals surface area contributed by atoms with Gasteiger partial charge in [-0.25, -0.2) is 18.4 Å². The lowest BCUT2D eigenvalue weighted by atomic mass is 10.2. The molecule has 0 amide bonds. The van der Waals surface area contributed by atoms with Crippen LogP contribution in [0.15, 0.2) is 80.3 Å². The van der Waals surface area contributed by atoms with Gasteiger partial charge in [0.2, 0.25) is 0 Å².